The summed E-state index contributed by atoms with van der Waals surface area (Å²) in [6.45, 7) is 1.96. The summed E-state index contributed by atoms with van der Waals surface area (Å²) in [6.07, 6.45) is 3.78. The molecule has 0 bridgehead atoms. The van der Waals surface area contributed by atoms with Crippen LogP contribution in [-0.4, -0.2) is 55.7 Å². The van der Waals surface area contributed by atoms with E-state index in [1.807, 2.05) is 53.7 Å². The molecule has 1 atom stereocenters. The van der Waals surface area contributed by atoms with Crippen molar-refractivity contribution in [3.05, 3.63) is 46.3 Å². The van der Waals surface area contributed by atoms with E-state index in [1.54, 1.807) is 0 Å². The van der Waals surface area contributed by atoms with Crippen LogP contribution in [0.1, 0.15) is 21.7 Å². The Labute approximate surface area is 146 Å². The van der Waals surface area contributed by atoms with E-state index in [2.05, 4.69) is 11.1 Å². The van der Waals surface area contributed by atoms with Crippen LogP contribution in [0, 0.1) is 0 Å². The molecule has 128 valence electrons. The third-order valence-electron chi connectivity index (χ3n) is 4.18. The van der Waals surface area contributed by atoms with Crippen molar-refractivity contribution < 1.29 is 9.53 Å². The van der Waals surface area contributed by atoms with Gasteiger partial charge in [0.15, 0.2) is 0 Å². The van der Waals surface area contributed by atoms with Gasteiger partial charge in [-0.25, -0.2) is 4.98 Å². The molecule has 1 fully saturated rings. The minimum Gasteiger partial charge on any atom is -0.375 e. The first-order valence-corrected chi connectivity index (χ1v) is 9.08. The number of hydrogen-bond donors (Lipinski definition) is 0. The van der Waals surface area contributed by atoms with Crippen LogP contribution in [0.15, 0.2) is 35.8 Å². The summed E-state index contributed by atoms with van der Waals surface area (Å²) >= 11 is 1.50. The number of carbonyl (C=O) groups is 1. The van der Waals surface area contributed by atoms with E-state index in [1.165, 1.54) is 16.9 Å². The first kappa shape index (κ1) is 16.9. The molecular formula is C18H23N3O2S. The molecule has 6 heteroatoms. The summed E-state index contributed by atoms with van der Waals surface area (Å²) in [5.41, 5.74) is 1.25. The molecule has 24 heavy (non-hydrogen) atoms. The van der Waals surface area contributed by atoms with Crippen molar-refractivity contribution in [3.63, 3.8) is 0 Å². The molecule has 0 aromatic carbocycles. The van der Waals surface area contributed by atoms with Crippen molar-refractivity contribution in [1.29, 1.82) is 0 Å². The highest BCUT2D eigenvalue weighted by Crippen LogP contribution is 2.18. The van der Waals surface area contributed by atoms with Crippen LogP contribution >= 0.6 is 11.3 Å². The number of aromatic nitrogens is 1. The SMILES string of the molecule is CN(C)c1cc(CC[C@H]2CN(C(=O)c3cccs3)CCO2)ccn1. The quantitative estimate of drug-likeness (QED) is 0.836. The average Bonchev–Trinajstić information content (AvgIpc) is 3.14. The highest BCUT2D eigenvalue weighted by Gasteiger charge is 2.25. The van der Waals surface area contributed by atoms with E-state index in [-0.39, 0.29) is 12.0 Å². The molecule has 0 N–H and O–H groups in total. The minimum atomic E-state index is 0.0960. The summed E-state index contributed by atoms with van der Waals surface area (Å²) in [7, 11) is 3.98. The lowest BCUT2D eigenvalue weighted by molar-refractivity contribution is -0.0244. The normalized spacial score (nSPS) is 17.8. The Balaban J connectivity index is 1.56. The topological polar surface area (TPSA) is 45.7 Å². The van der Waals surface area contributed by atoms with E-state index >= 15 is 0 Å². The molecule has 0 saturated carbocycles. The van der Waals surface area contributed by atoms with Gasteiger partial charge in [0.2, 0.25) is 0 Å². The van der Waals surface area contributed by atoms with Crippen molar-refractivity contribution in [2.24, 2.45) is 0 Å². The van der Waals surface area contributed by atoms with E-state index in [0.717, 1.165) is 23.5 Å². The lowest BCUT2D eigenvalue weighted by Gasteiger charge is -2.32. The van der Waals surface area contributed by atoms with E-state index < -0.39 is 0 Å². The van der Waals surface area contributed by atoms with Gasteiger partial charge in [-0.1, -0.05) is 6.07 Å². The number of nitrogens with zero attached hydrogens (tertiary/aromatic N) is 3. The molecule has 2 aromatic heterocycles. The van der Waals surface area contributed by atoms with Gasteiger partial charge in [0.25, 0.3) is 5.91 Å². The largest absolute Gasteiger partial charge is 0.375 e. The number of carbonyl (C=O) groups excluding carboxylic acids is 1. The Morgan fingerprint density at radius 1 is 1.46 bits per heavy atom. The molecule has 5 nitrogen and oxygen atoms in total. The highest BCUT2D eigenvalue weighted by molar-refractivity contribution is 7.12. The molecular weight excluding hydrogens is 322 g/mol. The maximum absolute atomic E-state index is 12.5. The number of amides is 1. The number of hydrogen-bond acceptors (Lipinski definition) is 5. The van der Waals surface area contributed by atoms with Crippen LogP contribution in [0.4, 0.5) is 5.82 Å². The van der Waals surface area contributed by atoms with Crippen LogP contribution in [-0.2, 0) is 11.2 Å². The average molecular weight is 345 g/mol. The first-order chi connectivity index (χ1) is 11.6. The number of morpholine rings is 1. The zero-order valence-corrected chi connectivity index (χ0v) is 15.0. The number of aryl methyl sites for hydroxylation is 1. The molecule has 0 spiro atoms. The van der Waals surface area contributed by atoms with Crippen molar-refractivity contribution in [1.82, 2.24) is 9.88 Å². The Bertz CT molecular complexity index is 673. The number of rotatable bonds is 5. The third kappa shape index (κ3) is 4.13. The summed E-state index contributed by atoms with van der Waals surface area (Å²) in [5, 5.41) is 1.94. The van der Waals surface area contributed by atoms with E-state index in [0.29, 0.717) is 19.7 Å². The Morgan fingerprint density at radius 3 is 3.08 bits per heavy atom. The second-order valence-corrected chi connectivity index (χ2v) is 7.12. The zero-order valence-electron chi connectivity index (χ0n) is 14.1. The van der Waals surface area contributed by atoms with Gasteiger partial charge in [0.05, 0.1) is 17.6 Å². The van der Waals surface area contributed by atoms with Crippen LogP contribution < -0.4 is 4.90 Å². The fourth-order valence-corrected chi connectivity index (χ4v) is 3.51. The second kappa shape index (κ2) is 7.77. The van der Waals surface area contributed by atoms with Gasteiger partial charge in [-0.15, -0.1) is 11.3 Å². The van der Waals surface area contributed by atoms with Crippen LogP contribution in [0.3, 0.4) is 0 Å². The van der Waals surface area contributed by atoms with E-state index in [4.69, 9.17) is 4.74 Å². The molecule has 3 rings (SSSR count). The maximum Gasteiger partial charge on any atom is 0.264 e. The molecule has 0 aliphatic carbocycles. The number of ether oxygens (including phenoxy) is 1. The number of thiophene rings is 1. The highest BCUT2D eigenvalue weighted by atomic mass is 32.1. The van der Waals surface area contributed by atoms with Crippen molar-refractivity contribution >= 4 is 23.1 Å². The predicted molar refractivity (Wildman–Crippen MR) is 96.8 cm³/mol. The molecule has 1 aliphatic rings. The maximum atomic E-state index is 12.5. The Morgan fingerprint density at radius 2 is 2.33 bits per heavy atom. The van der Waals surface area contributed by atoms with E-state index in [9.17, 15) is 4.79 Å². The first-order valence-electron chi connectivity index (χ1n) is 8.20. The Hall–Kier alpha value is -1.92. The molecule has 2 aromatic rings. The Kier molecular flexibility index (Phi) is 5.48. The summed E-state index contributed by atoms with van der Waals surface area (Å²) in [6, 6.07) is 7.96. The zero-order chi connectivity index (χ0) is 16.9. The lowest BCUT2D eigenvalue weighted by Crippen LogP contribution is -2.45. The third-order valence-corrected chi connectivity index (χ3v) is 5.04. The van der Waals surface area contributed by atoms with Gasteiger partial charge in [-0.05, 0) is 42.0 Å². The monoisotopic (exact) mass is 345 g/mol. The van der Waals surface area contributed by atoms with Gasteiger partial charge in [-0.3, -0.25) is 4.79 Å². The van der Waals surface area contributed by atoms with Crippen molar-refractivity contribution in [2.45, 2.75) is 18.9 Å². The lowest BCUT2D eigenvalue weighted by atomic mass is 10.1. The van der Waals surface area contributed by atoms with Gasteiger partial charge >= 0.3 is 0 Å². The molecule has 1 amide bonds. The number of pyridine rings is 1. The fourth-order valence-electron chi connectivity index (χ4n) is 2.82. The molecule has 1 aliphatic heterocycles. The van der Waals surface area contributed by atoms with Gasteiger partial charge < -0.3 is 14.5 Å². The fraction of sp³-hybridized carbons (Fsp3) is 0.444. The van der Waals surface area contributed by atoms with Gasteiger partial charge in [-0.2, -0.15) is 0 Å². The van der Waals surface area contributed by atoms with Gasteiger partial charge in [0.1, 0.15) is 5.82 Å². The molecule has 0 unspecified atom stereocenters. The smallest absolute Gasteiger partial charge is 0.264 e. The summed E-state index contributed by atoms with van der Waals surface area (Å²) < 4.78 is 5.86. The predicted octanol–water partition coefficient (Wildman–Crippen LogP) is 2.68. The van der Waals surface area contributed by atoms with Crippen LogP contribution in [0.2, 0.25) is 0 Å². The van der Waals surface area contributed by atoms with Crippen LogP contribution in [0.25, 0.3) is 0 Å². The molecule has 3 heterocycles. The van der Waals surface area contributed by atoms with Crippen LogP contribution in [0.5, 0.6) is 0 Å². The molecule has 1 saturated heterocycles. The number of anilines is 1. The van der Waals surface area contributed by atoms with Gasteiger partial charge in [0, 0.05) is 33.4 Å². The second-order valence-electron chi connectivity index (χ2n) is 6.18. The standard InChI is InChI=1S/C18H23N3O2S/c1-20(2)17-12-14(7-8-19-17)5-6-15-13-21(9-10-23-15)18(22)16-4-3-11-24-16/h3-4,7-8,11-12,15H,5-6,9-10,13H2,1-2H3/t15-/m0/s1. The summed E-state index contributed by atoms with van der Waals surface area (Å²) in [4.78, 5) is 21.5. The van der Waals surface area contributed by atoms with Crippen molar-refractivity contribution in [3.8, 4) is 0 Å². The minimum absolute atomic E-state index is 0.0960. The van der Waals surface area contributed by atoms with Crippen molar-refractivity contribution in [2.75, 3.05) is 38.7 Å². The summed E-state index contributed by atoms with van der Waals surface area (Å²) in [5.74, 6) is 1.09. The molecule has 0 radical (unpaired) electrons.